The molecule has 0 aliphatic carbocycles. The fraction of sp³-hybridized carbons (Fsp3) is 0.357. The first kappa shape index (κ1) is 27.7. The summed E-state index contributed by atoms with van der Waals surface area (Å²) in [5.74, 6) is 0.390. The maximum absolute atomic E-state index is 13.8. The van der Waals surface area contributed by atoms with Gasteiger partial charge in [0.15, 0.2) is 11.6 Å². The van der Waals surface area contributed by atoms with Crippen LogP contribution >= 0.6 is 11.6 Å². The molecule has 4 rings (SSSR count). The summed E-state index contributed by atoms with van der Waals surface area (Å²) in [7, 11) is 1.54. The number of carboxylic acids is 1. The van der Waals surface area contributed by atoms with Crippen LogP contribution < -0.4 is 4.74 Å². The Balaban J connectivity index is 1.42. The van der Waals surface area contributed by atoms with E-state index in [1.807, 2.05) is 4.90 Å². The molecule has 0 spiro atoms. The van der Waals surface area contributed by atoms with Gasteiger partial charge in [-0.1, -0.05) is 23.4 Å². The number of aliphatic hydroxyl groups excluding tert-OH is 1. The Morgan fingerprint density at radius 3 is 2.82 bits per heavy atom. The highest BCUT2D eigenvalue weighted by atomic mass is 35.5. The Morgan fingerprint density at radius 1 is 1.29 bits per heavy atom. The zero-order valence-corrected chi connectivity index (χ0v) is 21.3. The molecular formula is C28H26ClF3N2O4. The second-order valence-corrected chi connectivity index (χ2v) is 9.68. The summed E-state index contributed by atoms with van der Waals surface area (Å²) >= 11 is 6.39. The van der Waals surface area contributed by atoms with Crippen molar-refractivity contribution in [3.63, 3.8) is 0 Å². The Kier molecular flexibility index (Phi) is 8.77. The SMILES string of the molecule is COc1ccc2ncc(Cl)c(C(O)CCC3CCN(CC#Cc4cc(F)cc(F)c4F)CC3C(=O)O)c2c1. The number of carbonyl (C=O) groups is 1. The van der Waals surface area contributed by atoms with Crippen molar-refractivity contribution in [3.05, 3.63) is 70.1 Å². The number of rotatable bonds is 7. The molecule has 2 aromatic carbocycles. The van der Waals surface area contributed by atoms with Crippen LogP contribution in [0.4, 0.5) is 13.2 Å². The number of hydrogen-bond acceptors (Lipinski definition) is 5. The van der Waals surface area contributed by atoms with E-state index < -0.39 is 35.4 Å². The number of pyridine rings is 1. The molecule has 3 unspecified atom stereocenters. The fourth-order valence-electron chi connectivity index (χ4n) is 4.88. The number of halogens is 4. The molecule has 10 heteroatoms. The van der Waals surface area contributed by atoms with Crippen LogP contribution in [0, 0.1) is 41.1 Å². The predicted octanol–water partition coefficient (Wildman–Crippen LogP) is 5.20. The van der Waals surface area contributed by atoms with Gasteiger partial charge in [0.25, 0.3) is 0 Å². The average molecular weight is 547 g/mol. The number of carboxylic acid groups (broad SMARTS) is 1. The number of piperidine rings is 1. The van der Waals surface area contributed by atoms with Crippen LogP contribution in [-0.2, 0) is 4.79 Å². The number of aliphatic hydroxyl groups is 1. The van der Waals surface area contributed by atoms with Gasteiger partial charge in [-0.25, -0.2) is 13.2 Å². The third kappa shape index (κ3) is 6.21. The number of hydrogen-bond donors (Lipinski definition) is 2. The van der Waals surface area contributed by atoms with Crippen molar-refractivity contribution in [2.45, 2.75) is 25.4 Å². The van der Waals surface area contributed by atoms with Crippen LogP contribution in [0.5, 0.6) is 5.75 Å². The number of fused-ring (bicyclic) bond motifs is 1. The number of nitrogens with zero attached hydrogens (tertiary/aromatic N) is 2. The van der Waals surface area contributed by atoms with Gasteiger partial charge in [0.2, 0.25) is 0 Å². The van der Waals surface area contributed by atoms with Gasteiger partial charge >= 0.3 is 5.97 Å². The monoisotopic (exact) mass is 546 g/mol. The number of aliphatic carboxylic acids is 1. The highest BCUT2D eigenvalue weighted by Crippen LogP contribution is 2.36. The third-order valence-electron chi connectivity index (χ3n) is 6.89. The van der Waals surface area contributed by atoms with Crippen LogP contribution in [0.3, 0.4) is 0 Å². The van der Waals surface area contributed by atoms with E-state index >= 15 is 0 Å². The van der Waals surface area contributed by atoms with Crippen molar-refractivity contribution < 1.29 is 32.9 Å². The Morgan fingerprint density at radius 2 is 2.08 bits per heavy atom. The summed E-state index contributed by atoms with van der Waals surface area (Å²) in [6, 6.07) is 6.57. The highest BCUT2D eigenvalue weighted by Gasteiger charge is 2.34. The summed E-state index contributed by atoms with van der Waals surface area (Å²) < 4.78 is 45.8. The molecule has 1 aliphatic rings. The van der Waals surface area contributed by atoms with Crippen LogP contribution in [0.25, 0.3) is 10.9 Å². The van der Waals surface area contributed by atoms with Gasteiger partial charge in [0, 0.05) is 29.8 Å². The molecule has 2 heterocycles. The van der Waals surface area contributed by atoms with E-state index in [1.54, 1.807) is 25.3 Å². The van der Waals surface area contributed by atoms with E-state index in [2.05, 4.69) is 16.8 Å². The molecular weight excluding hydrogens is 521 g/mol. The van der Waals surface area contributed by atoms with Crippen LogP contribution in [-0.4, -0.2) is 52.8 Å². The Bertz CT molecular complexity index is 1410. The number of benzene rings is 2. The smallest absolute Gasteiger partial charge is 0.308 e. The fourth-order valence-corrected chi connectivity index (χ4v) is 5.16. The van der Waals surface area contributed by atoms with E-state index in [0.717, 1.165) is 6.07 Å². The quantitative estimate of drug-likeness (QED) is 0.313. The topological polar surface area (TPSA) is 82.9 Å². The lowest BCUT2D eigenvalue weighted by atomic mass is 9.81. The Hall–Kier alpha value is -3.32. The van der Waals surface area contributed by atoms with Crippen molar-refractivity contribution in [2.75, 3.05) is 26.7 Å². The maximum atomic E-state index is 13.8. The predicted molar refractivity (Wildman–Crippen MR) is 136 cm³/mol. The molecule has 6 nitrogen and oxygen atoms in total. The molecule has 3 atom stereocenters. The molecule has 0 bridgehead atoms. The first-order chi connectivity index (χ1) is 18.2. The van der Waals surface area contributed by atoms with E-state index in [9.17, 15) is 28.2 Å². The molecule has 38 heavy (non-hydrogen) atoms. The van der Waals surface area contributed by atoms with Crippen LogP contribution in [0.2, 0.25) is 5.02 Å². The molecule has 200 valence electrons. The number of methoxy groups -OCH3 is 1. The van der Waals surface area contributed by atoms with Gasteiger partial charge < -0.3 is 14.9 Å². The molecule has 1 fully saturated rings. The van der Waals surface area contributed by atoms with Crippen molar-refractivity contribution in [1.29, 1.82) is 0 Å². The molecule has 0 amide bonds. The summed E-state index contributed by atoms with van der Waals surface area (Å²) in [5, 5.41) is 21.9. The minimum Gasteiger partial charge on any atom is -0.497 e. The maximum Gasteiger partial charge on any atom is 0.308 e. The molecule has 1 aromatic heterocycles. The van der Waals surface area contributed by atoms with Gasteiger partial charge in [-0.2, -0.15) is 0 Å². The van der Waals surface area contributed by atoms with Gasteiger partial charge in [-0.05, 0) is 56.0 Å². The minimum absolute atomic E-state index is 0.122. The molecule has 0 radical (unpaired) electrons. The zero-order valence-electron chi connectivity index (χ0n) is 20.6. The average Bonchev–Trinajstić information content (AvgIpc) is 2.89. The van der Waals surface area contributed by atoms with Crippen molar-refractivity contribution in [1.82, 2.24) is 9.88 Å². The first-order valence-corrected chi connectivity index (χ1v) is 12.4. The second kappa shape index (κ2) is 12.0. The zero-order chi connectivity index (χ0) is 27.4. The van der Waals surface area contributed by atoms with Gasteiger partial charge in [-0.15, -0.1) is 0 Å². The molecule has 3 aromatic rings. The Labute approximate surface area is 223 Å². The van der Waals surface area contributed by atoms with E-state index in [0.29, 0.717) is 59.1 Å². The third-order valence-corrected chi connectivity index (χ3v) is 7.19. The summed E-state index contributed by atoms with van der Waals surface area (Å²) in [6.45, 7) is 0.868. The normalized spacial score (nSPS) is 18.6. The van der Waals surface area contributed by atoms with Crippen LogP contribution in [0.1, 0.15) is 36.5 Å². The lowest BCUT2D eigenvalue weighted by molar-refractivity contribution is -0.146. The molecule has 0 saturated carbocycles. The number of likely N-dealkylation sites (tertiary alicyclic amines) is 1. The van der Waals surface area contributed by atoms with E-state index in [-0.39, 0.29) is 24.6 Å². The van der Waals surface area contributed by atoms with E-state index in [4.69, 9.17) is 16.3 Å². The lowest BCUT2D eigenvalue weighted by Gasteiger charge is -2.36. The largest absolute Gasteiger partial charge is 0.497 e. The van der Waals surface area contributed by atoms with Gasteiger partial charge in [0.1, 0.15) is 11.6 Å². The standard InChI is InChI=1S/C28H26ClF3N2O4/c1-38-19-5-6-24-20(13-19)26(22(29)14-33-24)25(35)7-4-16-8-10-34(15-21(16)28(36)37)9-2-3-17-11-18(30)12-23(31)27(17)32/h5-6,11-14,16,21,25,35H,4,7-10,15H2,1H3,(H,36,37). The molecule has 1 aliphatic heterocycles. The summed E-state index contributed by atoms with van der Waals surface area (Å²) in [5.41, 5.74) is 0.792. The van der Waals surface area contributed by atoms with Crippen molar-refractivity contribution >= 4 is 28.5 Å². The first-order valence-electron chi connectivity index (χ1n) is 12.1. The van der Waals surface area contributed by atoms with Gasteiger partial charge in [-0.3, -0.25) is 14.7 Å². The molecule has 2 N–H and O–H groups in total. The molecule has 1 saturated heterocycles. The minimum atomic E-state index is -1.32. The van der Waals surface area contributed by atoms with E-state index in [1.165, 1.54) is 6.20 Å². The second-order valence-electron chi connectivity index (χ2n) is 9.28. The summed E-state index contributed by atoms with van der Waals surface area (Å²) in [6.07, 6.45) is 1.86. The lowest BCUT2D eigenvalue weighted by Crippen LogP contribution is -2.44. The highest BCUT2D eigenvalue weighted by molar-refractivity contribution is 6.32. The number of ether oxygens (including phenoxy) is 1. The van der Waals surface area contributed by atoms with Crippen molar-refractivity contribution in [3.8, 4) is 17.6 Å². The van der Waals surface area contributed by atoms with Gasteiger partial charge in [0.05, 0.1) is 41.8 Å². The number of aromatic nitrogens is 1. The van der Waals surface area contributed by atoms with Crippen molar-refractivity contribution in [2.24, 2.45) is 11.8 Å². The van der Waals surface area contributed by atoms with Crippen LogP contribution in [0.15, 0.2) is 36.5 Å². The summed E-state index contributed by atoms with van der Waals surface area (Å²) in [4.78, 5) is 18.1.